The van der Waals surface area contributed by atoms with Gasteiger partial charge in [-0.05, 0) is 18.9 Å². The minimum Gasteiger partial charge on any atom is -0.495 e. The molecule has 0 saturated carbocycles. The van der Waals surface area contributed by atoms with Gasteiger partial charge in [0.05, 0.1) is 0 Å². The maximum atomic E-state index is 8.96. The van der Waals surface area contributed by atoms with Crippen molar-refractivity contribution in [2.45, 2.75) is 32.6 Å². The summed E-state index contributed by atoms with van der Waals surface area (Å²) in [6, 6.07) is 0. The molecule has 13 heavy (non-hydrogen) atoms. The summed E-state index contributed by atoms with van der Waals surface area (Å²) in [4.78, 5) is 1.85. The van der Waals surface area contributed by atoms with Crippen LogP contribution in [0.25, 0.3) is 0 Å². The third kappa shape index (κ3) is 8.30. The van der Waals surface area contributed by atoms with E-state index in [-0.39, 0.29) is 19.5 Å². The Morgan fingerprint density at radius 1 is 1.62 bits per heavy atom. The first-order chi connectivity index (χ1) is 5.72. The molecule has 0 aliphatic carbocycles. The van der Waals surface area contributed by atoms with E-state index in [1.807, 2.05) is 18.0 Å². The first-order valence-corrected chi connectivity index (χ1v) is 4.61. The van der Waals surface area contributed by atoms with Crippen molar-refractivity contribution in [3.05, 3.63) is 18.9 Å². The Labute approximate surface area is 94.8 Å². The molecule has 1 aliphatic rings. The van der Waals surface area contributed by atoms with Gasteiger partial charge in [-0.3, -0.25) is 0 Å². The molecule has 0 aromatic heterocycles. The molecule has 0 atom stereocenters. The van der Waals surface area contributed by atoms with Gasteiger partial charge in [0.2, 0.25) is 0 Å². The smallest absolute Gasteiger partial charge is 0.182 e. The molecule has 0 aromatic rings. The number of aliphatic hydroxyl groups excluding tert-OH is 1. The van der Waals surface area contributed by atoms with Gasteiger partial charge in [0, 0.05) is 33.1 Å². The molecule has 1 aliphatic heterocycles. The van der Waals surface area contributed by atoms with Crippen molar-refractivity contribution in [2.75, 3.05) is 13.6 Å². The van der Waals surface area contributed by atoms with Gasteiger partial charge in [0.1, 0.15) is 0 Å². The molecule has 0 aromatic carbocycles. The number of nitrogens with zero attached hydrogens (tertiary/aromatic N) is 1. The average Bonchev–Trinajstić information content (AvgIpc) is 2.11. The van der Waals surface area contributed by atoms with Gasteiger partial charge in [-0.1, -0.05) is 13.3 Å². The van der Waals surface area contributed by atoms with E-state index in [1.165, 1.54) is 12.8 Å². The van der Waals surface area contributed by atoms with Gasteiger partial charge in [0.25, 0.3) is 0 Å². The van der Waals surface area contributed by atoms with Crippen LogP contribution in [0.15, 0.2) is 12.0 Å². The Kier molecular flexibility index (Phi) is 11.9. The predicted octanol–water partition coefficient (Wildman–Crippen LogP) is 2.73. The Bertz CT molecular complexity index is 135. The molecular formula is C10H20NOZn-. The van der Waals surface area contributed by atoms with Crippen LogP contribution in [0.3, 0.4) is 0 Å². The van der Waals surface area contributed by atoms with Crippen LogP contribution < -0.4 is 0 Å². The number of rotatable bonds is 1. The molecule has 1 heterocycles. The summed E-state index contributed by atoms with van der Waals surface area (Å²) in [7, 11) is 1.89. The number of hydrogen-bond donors (Lipinski definition) is 1. The Balaban J connectivity index is 0. The maximum absolute atomic E-state index is 8.96. The molecule has 0 radical (unpaired) electrons. The number of unbranched alkanes of at least 4 members (excludes halogenated alkanes) is 1. The van der Waals surface area contributed by atoms with Crippen LogP contribution in [-0.2, 0) is 19.5 Å². The van der Waals surface area contributed by atoms with E-state index in [1.54, 1.807) is 0 Å². The largest absolute Gasteiger partial charge is 0.495 e. The topological polar surface area (TPSA) is 23.5 Å². The van der Waals surface area contributed by atoms with Gasteiger partial charge in [-0.15, -0.1) is 0 Å². The second-order valence-electron chi connectivity index (χ2n) is 2.98. The van der Waals surface area contributed by atoms with E-state index < -0.39 is 0 Å². The standard InChI is InChI=1S/C6H11NO.C4H9.Zn/c1-7-5-3-2-4-6(7)8;1-3-4-2;/h4,8H,2-3,5H2,1H3;1,3-4H2,2H3;/q;-1;. The third-order valence-corrected chi connectivity index (χ3v) is 1.77. The Morgan fingerprint density at radius 2 is 2.15 bits per heavy atom. The van der Waals surface area contributed by atoms with E-state index in [9.17, 15) is 0 Å². The summed E-state index contributed by atoms with van der Waals surface area (Å²) in [5.74, 6) is 0.427. The minimum absolute atomic E-state index is 0. The van der Waals surface area contributed by atoms with E-state index in [4.69, 9.17) is 5.11 Å². The zero-order chi connectivity index (χ0) is 9.40. The molecule has 2 nitrogen and oxygen atoms in total. The summed E-state index contributed by atoms with van der Waals surface area (Å²) in [6.07, 6.45) is 6.32. The number of allylic oxidation sites excluding steroid dienone is 1. The van der Waals surface area contributed by atoms with Crippen LogP contribution in [0.1, 0.15) is 32.6 Å². The zero-order valence-electron chi connectivity index (χ0n) is 8.92. The summed E-state index contributed by atoms with van der Waals surface area (Å²) in [5.41, 5.74) is 0. The first kappa shape index (κ1) is 15.4. The summed E-state index contributed by atoms with van der Waals surface area (Å²) in [5, 5.41) is 8.96. The fourth-order valence-electron chi connectivity index (χ4n) is 0.830. The van der Waals surface area contributed by atoms with Crippen LogP contribution >= 0.6 is 0 Å². The Morgan fingerprint density at radius 3 is 2.38 bits per heavy atom. The average molecular weight is 236 g/mol. The molecule has 0 bridgehead atoms. The quantitative estimate of drug-likeness (QED) is 0.558. The fraction of sp³-hybridized carbons (Fsp3) is 0.700. The van der Waals surface area contributed by atoms with Crippen LogP contribution in [0, 0.1) is 6.92 Å². The van der Waals surface area contributed by atoms with Crippen LogP contribution in [0.4, 0.5) is 0 Å². The van der Waals surface area contributed by atoms with Gasteiger partial charge < -0.3 is 16.9 Å². The number of aliphatic hydroxyl groups is 1. The normalized spacial score (nSPS) is 15.0. The maximum Gasteiger partial charge on any atom is 0.182 e. The molecule has 0 saturated heterocycles. The molecule has 0 fully saturated rings. The van der Waals surface area contributed by atoms with Crippen LogP contribution in [0.2, 0.25) is 0 Å². The summed E-state index contributed by atoms with van der Waals surface area (Å²) < 4.78 is 0. The van der Waals surface area contributed by atoms with Crippen LogP contribution in [-0.4, -0.2) is 23.6 Å². The molecule has 74 valence electrons. The second-order valence-corrected chi connectivity index (χ2v) is 2.98. The van der Waals surface area contributed by atoms with Crippen molar-refractivity contribution >= 4 is 0 Å². The van der Waals surface area contributed by atoms with Crippen LogP contribution in [0.5, 0.6) is 0 Å². The molecule has 1 rings (SSSR count). The van der Waals surface area contributed by atoms with Crippen molar-refractivity contribution < 1.29 is 24.6 Å². The van der Waals surface area contributed by atoms with Gasteiger partial charge >= 0.3 is 0 Å². The van der Waals surface area contributed by atoms with E-state index >= 15 is 0 Å². The first-order valence-electron chi connectivity index (χ1n) is 4.61. The van der Waals surface area contributed by atoms with Gasteiger partial charge in [0.15, 0.2) is 5.88 Å². The minimum atomic E-state index is 0. The molecule has 0 amide bonds. The van der Waals surface area contributed by atoms with Crippen molar-refractivity contribution in [3.63, 3.8) is 0 Å². The van der Waals surface area contributed by atoms with Gasteiger partial charge in [-0.2, -0.15) is 6.42 Å². The predicted molar refractivity (Wildman–Crippen MR) is 52.8 cm³/mol. The molecular weight excluding hydrogens is 216 g/mol. The molecule has 0 unspecified atom stereocenters. The van der Waals surface area contributed by atoms with Crippen molar-refractivity contribution in [1.29, 1.82) is 0 Å². The second kappa shape index (κ2) is 10.0. The third-order valence-electron chi connectivity index (χ3n) is 1.77. The SMILES string of the molecule is CN1CCCC=C1O.[CH2-]CCC.[Zn]. The summed E-state index contributed by atoms with van der Waals surface area (Å²) >= 11 is 0. The Hall–Kier alpha value is -0.0366. The molecule has 1 N–H and O–H groups in total. The van der Waals surface area contributed by atoms with E-state index in [0.29, 0.717) is 5.88 Å². The van der Waals surface area contributed by atoms with Gasteiger partial charge in [-0.25, -0.2) is 0 Å². The monoisotopic (exact) mass is 234 g/mol. The van der Waals surface area contributed by atoms with E-state index in [2.05, 4.69) is 13.8 Å². The molecule has 3 heteroatoms. The summed E-state index contributed by atoms with van der Waals surface area (Å²) in [6.45, 7) is 6.71. The zero-order valence-corrected chi connectivity index (χ0v) is 11.9. The fourth-order valence-corrected chi connectivity index (χ4v) is 0.830. The van der Waals surface area contributed by atoms with Crippen molar-refractivity contribution in [2.24, 2.45) is 0 Å². The van der Waals surface area contributed by atoms with Crippen molar-refractivity contribution in [3.8, 4) is 0 Å². The van der Waals surface area contributed by atoms with Crippen molar-refractivity contribution in [1.82, 2.24) is 4.90 Å². The van der Waals surface area contributed by atoms with E-state index in [0.717, 1.165) is 19.4 Å². The molecule has 0 spiro atoms. The number of hydrogen-bond acceptors (Lipinski definition) is 2.